The minimum Gasteiger partial charge on any atom is -0.338 e. The lowest BCUT2D eigenvalue weighted by atomic mass is 10.1. The summed E-state index contributed by atoms with van der Waals surface area (Å²) in [6.45, 7) is 0. The van der Waals surface area contributed by atoms with Gasteiger partial charge in [-0.2, -0.15) is 0 Å². The molecule has 0 aromatic heterocycles. The molecule has 0 saturated carbocycles. The van der Waals surface area contributed by atoms with Crippen molar-refractivity contribution in [2.75, 3.05) is 18.6 Å². The number of carbonyl (C=O) groups excluding carboxylic acids is 1. The third-order valence-corrected chi connectivity index (χ3v) is 6.16. The molecule has 1 aliphatic heterocycles. The van der Waals surface area contributed by atoms with Crippen LogP contribution in [0.5, 0.6) is 0 Å². The molecule has 0 N–H and O–H groups in total. The van der Waals surface area contributed by atoms with E-state index < -0.39 is 9.84 Å². The number of benzene rings is 1. The molecule has 0 bridgehead atoms. The van der Waals surface area contributed by atoms with Crippen molar-refractivity contribution in [1.82, 2.24) is 4.90 Å². The van der Waals surface area contributed by atoms with Gasteiger partial charge in [0.15, 0.2) is 9.84 Å². The predicted octanol–water partition coefficient (Wildman–Crippen LogP) is 2.20. The van der Waals surface area contributed by atoms with Gasteiger partial charge in [-0.05, 0) is 47.2 Å². The van der Waals surface area contributed by atoms with Crippen LogP contribution < -0.4 is 0 Å². The average molecular weight is 414 g/mol. The number of sulfone groups is 1. The van der Waals surface area contributed by atoms with Crippen molar-refractivity contribution in [3.63, 3.8) is 0 Å². The predicted molar refractivity (Wildman–Crippen MR) is 83.3 cm³/mol. The highest BCUT2D eigenvalue weighted by Crippen LogP contribution is 2.23. The molecule has 1 aromatic carbocycles. The Bertz CT molecular complexity index is 617. The third-order valence-electron chi connectivity index (χ3n) is 3.24. The van der Waals surface area contributed by atoms with E-state index in [9.17, 15) is 13.2 Å². The molecule has 19 heavy (non-hydrogen) atoms. The van der Waals surface area contributed by atoms with Gasteiger partial charge in [-0.1, -0.05) is 11.6 Å². The van der Waals surface area contributed by atoms with Crippen molar-refractivity contribution in [2.24, 2.45) is 0 Å². The summed E-state index contributed by atoms with van der Waals surface area (Å²) in [5, 5.41) is 0.496. The summed E-state index contributed by atoms with van der Waals surface area (Å²) >= 11 is 7.97. The molecule has 0 aliphatic carbocycles. The van der Waals surface area contributed by atoms with E-state index in [1.807, 2.05) is 0 Å². The van der Waals surface area contributed by atoms with Crippen LogP contribution in [0.15, 0.2) is 18.2 Å². The lowest BCUT2D eigenvalue weighted by Gasteiger charge is -2.24. The van der Waals surface area contributed by atoms with E-state index >= 15 is 0 Å². The Hall–Kier alpha value is -0.340. The maximum absolute atomic E-state index is 12.4. The normalized spacial score (nSPS) is 21.3. The summed E-state index contributed by atoms with van der Waals surface area (Å²) in [5.74, 6) is 0.0166. The summed E-state index contributed by atoms with van der Waals surface area (Å²) < 4.78 is 23.7. The number of amides is 1. The lowest BCUT2D eigenvalue weighted by molar-refractivity contribution is 0.0746. The Balaban J connectivity index is 2.22. The summed E-state index contributed by atoms with van der Waals surface area (Å²) in [7, 11) is -1.35. The van der Waals surface area contributed by atoms with Gasteiger partial charge in [-0.15, -0.1) is 0 Å². The van der Waals surface area contributed by atoms with Crippen LogP contribution in [0.1, 0.15) is 16.8 Å². The van der Waals surface area contributed by atoms with Crippen LogP contribution in [0.4, 0.5) is 0 Å². The SMILES string of the molecule is CN(C(=O)c1cc(Cl)ccc1I)C1CCS(=O)(=O)C1. The van der Waals surface area contributed by atoms with E-state index in [2.05, 4.69) is 22.6 Å². The topological polar surface area (TPSA) is 54.5 Å². The summed E-state index contributed by atoms with van der Waals surface area (Å²) in [6.07, 6.45) is 0.502. The fraction of sp³-hybridized carbons (Fsp3) is 0.417. The van der Waals surface area contributed by atoms with Crippen LogP contribution >= 0.6 is 34.2 Å². The van der Waals surface area contributed by atoms with Crippen LogP contribution in [0.25, 0.3) is 0 Å². The van der Waals surface area contributed by atoms with E-state index in [1.165, 1.54) is 4.90 Å². The van der Waals surface area contributed by atoms with Crippen molar-refractivity contribution >= 4 is 49.9 Å². The Labute approximate surface area is 131 Å². The summed E-state index contributed by atoms with van der Waals surface area (Å²) in [4.78, 5) is 13.9. The summed E-state index contributed by atoms with van der Waals surface area (Å²) in [5.41, 5.74) is 0.514. The van der Waals surface area contributed by atoms with E-state index in [-0.39, 0.29) is 23.5 Å². The number of carbonyl (C=O) groups is 1. The van der Waals surface area contributed by atoms with E-state index in [0.29, 0.717) is 17.0 Å². The number of halogens is 2. The van der Waals surface area contributed by atoms with Crippen molar-refractivity contribution in [3.8, 4) is 0 Å². The first-order chi connectivity index (χ1) is 8.80. The quantitative estimate of drug-likeness (QED) is 0.699. The molecule has 7 heteroatoms. The van der Waals surface area contributed by atoms with E-state index in [0.717, 1.165) is 3.57 Å². The highest BCUT2D eigenvalue weighted by molar-refractivity contribution is 14.1. The van der Waals surface area contributed by atoms with Gasteiger partial charge in [0.2, 0.25) is 0 Å². The molecule has 2 rings (SSSR count). The minimum atomic E-state index is -3.00. The van der Waals surface area contributed by atoms with Gasteiger partial charge in [-0.3, -0.25) is 4.79 Å². The number of nitrogens with zero attached hydrogens (tertiary/aromatic N) is 1. The largest absolute Gasteiger partial charge is 0.338 e. The molecular formula is C12H13ClINO3S. The third kappa shape index (κ3) is 3.41. The molecule has 1 heterocycles. The monoisotopic (exact) mass is 413 g/mol. The zero-order chi connectivity index (χ0) is 14.2. The Morgan fingerprint density at radius 1 is 1.47 bits per heavy atom. The molecule has 1 unspecified atom stereocenters. The van der Waals surface area contributed by atoms with Gasteiger partial charge < -0.3 is 4.90 Å². The Morgan fingerprint density at radius 3 is 2.74 bits per heavy atom. The summed E-state index contributed by atoms with van der Waals surface area (Å²) in [6, 6.07) is 4.87. The van der Waals surface area contributed by atoms with E-state index in [1.54, 1.807) is 25.2 Å². The van der Waals surface area contributed by atoms with Crippen LogP contribution in [0.3, 0.4) is 0 Å². The molecule has 1 fully saturated rings. The highest BCUT2D eigenvalue weighted by Gasteiger charge is 2.33. The second-order valence-electron chi connectivity index (χ2n) is 4.60. The number of rotatable bonds is 2. The Morgan fingerprint density at radius 2 is 2.16 bits per heavy atom. The van der Waals surface area contributed by atoms with Crippen molar-refractivity contribution in [2.45, 2.75) is 12.5 Å². The highest BCUT2D eigenvalue weighted by atomic mass is 127. The fourth-order valence-corrected chi connectivity index (χ4v) is 4.61. The Kier molecular flexibility index (Phi) is 4.42. The smallest absolute Gasteiger partial charge is 0.255 e. The van der Waals surface area contributed by atoms with Crippen molar-refractivity contribution in [3.05, 3.63) is 32.4 Å². The van der Waals surface area contributed by atoms with Gasteiger partial charge in [0.05, 0.1) is 17.1 Å². The minimum absolute atomic E-state index is 0.0480. The maximum Gasteiger partial charge on any atom is 0.255 e. The van der Waals surface area contributed by atoms with Gasteiger partial charge in [0.1, 0.15) is 0 Å². The number of hydrogen-bond donors (Lipinski definition) is 0. The second kappa shape index (κ2) is 5.57. The zero-order valence-corrected chi connectivity index (χ0v) is 14.0. The molecule has 0 spiro atoms. The average Bonchev–Trinajstić information content (AvgIpc) is 2.71. The van der Waals surface area contributed by atoms with Gasteiger partial charge in [-0.25, -0.2) is 8.42 Å². The van der Waals surface area contributed by atoms with Crippen LogP contribution in [-0.4, -0.2) is 43.8 Å². The lowest BCUT2D eigenvalue weighted by Crippen LogP contribution is -2.38. The molecule has 1 amide bonds. The van der Waals surface area contributed by atoms with Gasteiger partial charge in [0, 0.05) is 21.7 Å². The molecular weight excluding hydrogens is 401 g/mol. The molecule has 4 nitrogen and oxygen atoms in total. The van der Waals surface area contributed by atoms with Crippen LogP contribution in [0.2, 0.25) is 5.02 Å². The van der Waals surface area contributed by atoms with E-state index in [4.69, 9.17) is 11.6 Å². The molecule has 0 radical (unpaired) electrons. The standard InChI is InChI=1S/C12H13ClINO3S/c1-15(9-4-5-19(17,18)7-9)12(16)10-6-8(13)2-3-11(10)14/h2-3,6,9H,4-5,7H2,1H3. The molecule has 1 saturated heterocycles. The molecule has 1 atom stereocenters. The van der Waals surface area contributed by atoms with Gasteiger partial charge >= 0.3 is 0 Å². The second-order valence-corrected chi connectivity index (χ2v) is 8.42. The first kappa shape index (κ1) is 15.1. The van der Waals surface area contributed by atoms with Crippen LogP contribution in [-0.2, 0) is 9.84 Å². The first-order valence-corrected chi connectivity index (χ1v) is 9.00. The molecule has 1 aromatic rings. The molecule has 1 aliphatic rings. The first-order valence-electron chi connectivity index (χ1n) is 5.73. The molecule has 104 valence electrons. The van der Waals surface area contributed by atoms with Crippen molar-refractivity contribution in [1.29, 1.82) is 0 Å². The zero-order valence-electron chi connectivity index (χ0n) is 10.3. The van der Waals surface area contributed by atoms with Crippen molar-refractivity contribution < 1.29 is 13.2 Å². The van der Waals surface area contributed by atoms with Crippen LogP contribution in [0, 0.1) is 3.57 Å². The fourth-order valence-electron chi connectivity index (χ4n) is 2.10. The maximum atomic E-state index is 12.4. The number of hydrogen-bond acceptors (Lipinski definition) is 3. The van der Waals surface area contributed by atoms with Gasteiger partial charge in [0.25, 0.3) is 5.91 Å².